The first-order valence-corrected chi connectivity index (χ1v) is 7.74. The smallest absolute Gasteiger partial charge is 0.262 e. The van der Waals surface area contributed by atoms with Crippen LogP contribution in [0.15, 0.2) is 59.5 Å². The van der Waals surface area contributed by atoms with Gasteiger partial charge in [0.25, 0.3) is 5.56 Å². The summed E-state index contributed by atoms with van der Waals surface area (Å²) in [6, 6.07) is 13.7. The van der Waals surface area contributed by atoms with Gasteiger partial charge in [-0.15, -0.1) is 0 Å². The van der Waals surface area contributed by atoms with Crippen molar-refractivity contribution in [2.24, 2.45) is 0 Å². The molecule has 0 radical (unpaired) electrons. The summed E-state index contributed by atoms with van der Waals surface area (Å²) in [7, 11) is 0. The van der Waals surface area contributed by atoms with Crippen LogP contribution in [0.4, 0.5) is 0 Å². The van der Waals surface area contributed by atoms with Crippen LogP contribution in [0.2, 0.25) is 0 Å². The molecule has 1 aromatic carbocycles. The average Bonchev–Trinajstić information content (AvgIpc) is 2.53. The highest BCUT2D eigenvalue weighted by molar-refractivity contribution is 5.65. The van der Waals surface area contributed by atoms with Crippen molar-refractivity contribution in [3.8, 4) is 5.69 Å². The van der Waals surface area contributed by atoms with Gasteiger partial charge in [-0.25, -0.2) is 0 Å². The molecule has 0 atom stereocenters. The van der Waals surface area contributed by atoms with Gasteiger partial charge >= 0.3 is 0 Å². The normalized spacial score (nSPS) is 11.6. The number of unbranched alkanes of at least 4 members (excludes halogenated alkanes) is 1. The largest absolute Gasteiger partial charge is 0.284 e. The number of hydrogen-bond acceptors (Lipinski definition) is 1. The molecule has 1 heterocycles. The first-order chi connectivity index (χ1) is 10.3. The van der Waals surface area contributed by atoms with Gasteiger partial charge in [0.2, 0.25) is 0 Å². The van der Waals surface area contributed by atoms with E-state index in [1.165, 1.54) is 5.57 Å². The van der Waals surface area contributed by atoms with Crippen molar-refractivity contribution < 1.29 is 0 Å². The lowest BCUT2D eigenvalue weighted by molar-refractivity contribution is 0.921. The Labute approximate surface area is 126 Å². The first-order valence-electron chi connectivity index (χ1n) is 7.74. The maximum absolute atomic E-state index is 12.8. The van der Waals surface area contributed by atoms with E-state index in [4.69, 9.17) is 0 Å². The van der Waals surface area contributed by atoms with Crippen LogP contribution in [0.5, 0.6) is 0 Å². The van der Waals surface area contributed by atoms with Crippen LogP contribution in [-0.2, 0) is 0 Å². The number of pyridine rings is 1. The van der Waals surface area contributed by atoms with E-state index in [0.29, 0.717) is 0 Å². The molecule has 21 heavy (non-hydrogen) atoms. The van der Waals surface area contributed by atoms with E-state index in [1.807, 2.05) is 48.7 Å². The summed E-state index contributed by atoms with van der Waals surface area (Å²) >= 11 is 0. The maximum atomic E-state index is 12.8. The number of benzene rings is 1. The second-order valence-corrected chi connectivity index (χ2v) is 5.20. The van der Waals surface area contributed by atoms with Gasteiger partial charge < -0.3 is 0 Å². The fourth-order valence-electron chi connectivity index (χ4n) is 2.46. The van der Waals surface area contributed by atoms with Gasteiger partial charge in [0.1, 0.15) is 0 Å². The average molecular weight is 281 g/mol. The van der Waals surface area contributed by atoms with Crippen molar-refractivity contribution >= 4 is 5.57 Å². The lowest BCUT2D eigenvalue weighted by atomic mass is 10.0. The summed E-state index contributed by atoms with van der Waals surface area (Å²) in [6.45, 7) is 4.31. The molecule has 0 aliphatic carbocycles. The molecule has 0 fully saturated rings. The van der Waals surface area contributed by atoms with Crippen molar-refractivity contribution in [1.82, 2.24) is 4.57 Å². The molecule has 0 amide bonds. The predicted molar refractivity (Wildman–Crippen MR) is 89.8 cm³/mol. The number of aromatic nitrogens is 1. The summed E-state index contributed by atoms with van der Waals surface area (Å²) in [4.78, 5) is 12.8. The van der Waals surface area contributed by atoms with Crippen LogP contribution < -0.4 is 5.56 Å². The Morgan fingerprint density at radius 3 is 2.48 bits per heavy atom. The third kappa shape index (κ3) is 3.72. The molecule has 1 aromatic heterocycles. The Morgan fingerprint density at radius 1 is 1.05 bits per heavy atom. The summed E-state index contributed by atoms with van der Waals surface area (Å²) in [5, 5.41) is 0. The number of nitrogens with zero attached hydrogens (tertiary/aromatic N) is 1. The van der Waals surface area contributed by atoms with E-state index in [9.17, 15) is 4.79 Å². The zero-order valence-corrected chi connectivity index (χ0v) is 12.9. The molecule has 2 heteroatoms. The van der Waals surface area contributed by atoms with Gasteiger partial charge in [-0.05, 0) is 42.7 Å². The van der Waals surface area contributed by atoms with Crippen LogP contribution in [0.3, 0.4) is 0 Å². The van der Waals surface area contributed by atoms with Gasteiger partial charge in [-0.1, -0.05) is 51.0 Å². The van der Waals surface area contributed by atoms with Crippen LogP contribution in [0, 0.1) is 0 Å². The molecule has 2 aromatic rings. The molecular weight excluding hydrogens is 258 g/mol. The van der Waals surface area contributed by atoms with Crippen molar-refractivity contribution in [2.75, 3.05) is 0 Å². The highest BCUT2D eigenvalue weighted by Gasteiger charge is 2.08. The second-order valence-electron chi connectivity index (χ2n) is 5.20. The minimum Gasteiger partial charge on any atom is -0.284 e. The standard InChI is InChI=1S/C19H23NO/c1-3-5-11-16(10-4-2)18-14-9-15-20(19(18)21)17-12-7-6-8-13-17/h6-9,11-15H,3-5,10H2,1-2H3/b16-11+. The van der Waals surface area contributed by atoms with Crippen molar-refractivity contribution in [3.63, 3.8) is 0 Å². The van der Waals surface area contributed by atoms with Gasteiger partial charge in [0, 0.05) is 17.4 Å². The van der Waals surface area contributed by atoms with Crippen LogP contribution in [-0.4, -0.2) is 4.57 Å². The minimum absolute atomic E-state index is 0.0690. The predicted octanol–water partition coefficient (Wildman–Crippen LogP) is 4.82. The van der Waals surface area contributed by atoms with Crippen LogP contribution in [0.1, 0.15) is 45.1 Å². The first kappa shape index (κ1) is 15.3. The number of allylic oxidation sites excluding steroid dienone is 2. The van der Waals surface area contributed by atoms with Gasteiger partial charge in [0.15, 0.2) is 0 Å². The Balaban J connectivity index is 2.48. The van der Waals surface area contributed by atoms with Crippen molar-refractivity contribution in [1.29, 1.82) is 0 Å². The number of para-hydroxylation sites is 1. The summed E-state index contributed by atoms with van der Waals surface area (Å²) in [5.74, 6) is 0. The number of rotatable bonds is 6. The Bertz CT molecular complexity index is 653. The van der Waals surface area contributed by atoms with Crippen molar-refractivity contribution in [2.45, 2.75) is 39.5 Å². The third-order valence-electron chi connectivity index (χ3n) is 3.53. The molecule has 0 saturated carbocycles. The number of hydrogen-bond donors (Lipinski definition) is 0. The molecule has 0 aliphatic rings. The molecule has 110 valence electrons. The van der Waals surface area contributed by atoms with Gasteiger partial charge in [0.05, 0.1) is 0 Å². The molecule has 2 rings (SSSR count). The quantitative estimate of drug-likeness (QED) is 0.744. The molecule has 0 N–H and O–H groups in total. The summed E-state index contributed by atoms with van der Waals surface area (Å²) in [5.41, 5.74) is 2.99. The Morgan fingerprint density at radius 2 is 1.81 bits per heavy atom. The Kier molecular flexibility index (Phi) is 5.56. The molecular formula is C19H23NO. The van der Waals surface area contributed by atoms with E-state index in [-0.39, 0.29) is 5.56 Å². The van der Waals surface area contributed by atoms with E-state index in [2.05, 4.69) is 19.9 Å². The molecule has 2 nitrogen and oxygen atoms in total. The highest BCUT2D eigenvalue weighted by atomic mass is 16.1. The minimum atomic E-state index is 0.0690. The zero-order chi connectivity index (χ0) is 15.1. The summed E-state index contributed by atoms with van der Waals surface area (Å²) < 4.78 is 1.73. The van der Waals surface area contributed by atoms with E-state index >= 15 is 0 Å². The van der Waals surface area contributed by atoms with Crippen molar-refractivity contribution in [3.05, 3.63) is 70.7 Å². The van der Waals surface area contributed by atoms with Gasteiger partial charge in [-0.2, -0.15) is 0 Å². The topological polar surface area (TPSA) is 22.0 Å². The van der Waals surface area contributed by atoms with Crippen LogP contribution >= 0.6 is 0 Å². The SMILES string of the molecule is CCC/C=C(\CCC)c1cccn(-c2ccccc2)c1=O. The molecule has 0 aliphatic heterocycles. The Hall–Kier alpha value is -2.09. The fourth-order valence-corrected chi connectivity index (χ4v) is 2.46. The van der Waals surface area contributed by atoms with E-state index in [0.717, 1.165) is 36.9 Å². The molecule has 0 saturated heterocycles. The fraction of sp³-hybridized carbons (Fsp3) is 0.316. The monoisotopic (exact) mass is 281 g/mol. The molecule has 0 bridgehead atoms. The summed E-state index contributed by atoms with van der Waals surface area (Å²) in [6.07, 6.45) is 8.19. The third-order valence-corrected chi connectivity index (χ3v) is 3.53. The van der Waals surface area contributed by atoms with Crippen LogP contribution in [0.25, 0.3) is 11.3 Å². The molecule has 0 unspecified atom stereocenters. The van der Waals surface area contributed by atoms with E-state index < -0.39 is 0 Å². The van der Waals surface area contributed by atoms with E-state index in [1.54, 1.807) is 4.57 Å². The lowest BCUT2D eigenvalue weighted by Crippen LogP contribution is -2.21. The highest BCUT2D eigenvalue weighted by Crippen LogP contribution is 2.18. The zero-order valence-electron chi connectivity index (χ0n) is 12.9. The van der Waals surface area contributed by atoms with Gasteiger partial charge in [-0.3, -0.25) is 9.36 Å². The molecule has 0 spiro atoms. The maximum Gasteiger partial charge on any atom is 0.262 e. The lowest BCUT2D eigenvalue weighted by Gasteiger charge is -2.10. The second kappa shape index (κ2) is 7.63.